The summed E-state index contributed by atoms with van der Waals surface area (Å²) in [7, 11) is -1.41. The molecule has 1 heterocycles. The van der Waals surface area contributed by atoms with Crippen molar-refractivity contribution in [3.05, 3.63) is 0 Å². The third kappa shape index (κ3) is 3.04. The summed E-state index contributed by atoms with van der Waals surface area (Å²) in [6.07, 6.45) is 1.71. The van der Waals surface area contributed by atoms with Crippen LogP contribution in [0.15, 0.2) is 0 Å². The molecule has 0 radical (unpaired) electrons. The number of hydrogen-bond donors (Lipinski definition) is 1. The van der Waals surface area contributed by atoms with Gasteiger partial charge in [-0.1, -0.05) is 0 Å². The van der Waals surface area contributed by atoms with Gasteiger partial charge in [-0.2, -0.15) is 0 Å². The average molecular weight is 248 g/mol. The molecule has 0 aromatic carbocycles. The fraction of sp³-hybridized carbons (Fsp3) is 0.909. The van der Waals surface area contributed by atoms with Crippen molar-refractivity contribution < 1.29 is 18.8 Å². The van der Waals surface area contributed by atoms with E-state index in [9.17, 15) is 9.00 Å². The molecule has 1 aliphatic heterocycles. The van der Waals surface area contributed by atoms with Crippen LogP contribution in [-0.4, -0.2) is 37.5 Å². The van der Waals surface area contributed by atoms with E-state index in [1.54, 1.807) is 0 Å². The van der Waals surface area contributed by atoms with Gasteiger partial charge in [-0.05, 0) is 40.5 Å². The fourth-order valence-corrected chi connectivity index (χ4v) is 2.85. The molecule has 1 fully saturated rings. The maximum Gasteiger partial charge on any atom is 0.321 e. The smallest absolute Gasteiger partial charge is 0.321 e. The van der Waals surface area contributed by atoms with E-state index >= 15 is 0 Å². The molecule has 1 aliphatic rings. The molecule has 2 unspecified atom stereocenters. The van der Waals surface area contributed by atoms with Gasteiger partial charge in [-0.3, -0.25) is 9.00 Å². The predicted octanol–water partition coefficient (Wildman–Crippen LogP) is 1.56. The Labute approximate surface area is 98.8 Å². The van der Waals surface area contributed by atoms with Crippen LogP contribution in [0, 0.1) is 0 Å². The molecule has 16 heavy (non-hydrogen) atoms. The minimum absolute atomic E-state index is 0.0746. The minimum atomic E-state index is -1.41. The van der Waals surface area contributed by atoms with Crippen molar-refractivity contribution in [2.24, 2.45) is 0 Å². The zero-order chi connectivity index (χ0) is 12.6. The van der Waals surface area contributed by atoms with Crippen LogP contribution in [0.2, 0.25) is 0 Å². The highest BCUT2D eigenvalue weighted by Gasteiger charge is 2.39. The lowest BCUT2D eigenvalue weighted by Crippen LogP contribution is -2.40. The standard InChI is InChI=1S/C11H20O4S/c1-10(2)6-5-8(15-10)7-16(14)11(3,4)9(12)13/h8H,5-7H2,1-4H3,(H,12,13). The maximum absolute atomic E-state index is 11.9. The third-order valence-electron chi connectivity index (χ3n) is 2.98. The first-order valence-corrected chi connectivity index (χ1v) is 6.77. The van der Waals surface area contributed by atoms with Crippen molar-refractivity contribution in [3.8, 4) is 0 Å². The van der Waals surface area contributed by atoms with Gasteiger partial charge in [-0.25, -0.2) is 0 Å². The summed E-state index contributed by atoms with van der Waals surface area (Å²) in [4.78, 5) is 10.9. The summed E-state index contributed by atoms with van der Waals surface area (Å²) in [5.74, 6) is -0.717. The molecule has 1 saturated heterocycles. The number of carboxylic acids is 1. The van der Waals surface area contributed by atoms with Gasteiger partial charge in [0.1, 0.15) is 4.75 Å². The average Bonchev–Trinajstić information content (AvgIpc) is 2.45. The molecule has 0 aromatic heterocycles. The van der Waals surface area contributed by atoms with E-state index in [-0.39, 0.29) is 11.7 Å². The number of carbonyl (C=O) groups is 1. The number of rotatable bonds is 4. The van der Waals surface area contributed by atoms with Gasteiger partial charge in [0.15, 0.2) is 0 Å². The molecule has 0 amide bonds. The van der Waals surface area contributed by atoms with Crippen molar-refractivity contribution in [3.63, 3.8) is 0 Å². The van der Waals surface area contributed by atoms with Gasteiger partial charge in [0.05, 0.1) is 17.5 Å². The molecule has 2 atom stereocenters. The number of aliphatic carboxylic acids is 1. The van der Waals surface area contributed by atoms with E-state index in [0.29, 0.717) is 5.75 Å². The normalized spacial score (nSPS) is 26.6. The van der Waals surface area contributed by atoms with Crippen LogP contribution in [0.25, 0.3) is 0 Å². The second-order valence-electron chi connectivity index (χ2n) is 5.37. The van der Waals surface area contributed by atoms with Crippen molar-refractivity contribution in [1.29, 1.82) is 0 Å². The minimum Gasteiger partial charge on any atom is -0.480 e. The number of ether oxygens (including phenoxy) is 1. The third-order valence-corrected chi connectivity index (χ3v) is 4.96. The van der Waals surface area contributed by atoms with Crippen LogP contribution in [0.4, 0.5) is 0 Å². The van der Waals surface area contributed by atoms with Gasteiger partial charge < -0.3 is 9.84 Å². The first-order chi connectivity index (χ1) is 7.15. The van der Waals surface area contributed by atoms with Gasteiger partial charge in [0, 0.05) is 10.8 Å². The van der Waals surface area contributed by atoms with Gasteiger partial charge in [0.2, 0.25) is 0 Å². The molecule has 94 valence electrons. The fourth-order valence-electron chi connectivity index (χ4n) is 1.67. The monoisotopic (exact) mass is 248 g/mol. The maximum atomic E-state index is 11.9. The Bertz CT molecular complexity index is 309. The van der Waals surface area contributed by atoms with Gasteiger partial charge in [0.25, 0.3) is 0 Å². The van der Waals surface area contributed by atoms with Crippen LogP contribution in [0.5, 0.6) is 0 Å². The Morgan fingerprint density at radius 2 is 2.12 bits per heavy atom. The number of hydrogen-bond acceptors (Lipinski definition) is 3. The van der Waals surface area contributed by atoms with Crippen molar-refractivity contribution in [2.75, 3.05) is 5.75 Å². The van der Waals surface area contributed by atoms with E-state index < -0.39 is 21.5 Å². The Morgan fingerprint density at radius 1 is 1.56 bits per heavy atom. The Morgan fingerprint density at radius 3 is 2.50 bits per heavy atom. The highest BCUT2D eigenvalue weighted by molar-refractivity contribution is 7.87. The summed E-state index contributed by atoms with van der Waals surface area (Å²) in [5, 5.41) is 8.95. The topological polar surface area (TPSA) is 63.6 Å². The molecule has 1 rings (SSSR count). The molecule has 4 nitrogen and oxygen atoms in total. The molecule has 0 aromatic rings. The molecule has 0 saturated carbocycles. The largest absolute Gasteiger partial charge is 0.480 e. The second-order valence-corrected chi connectivity index (χ2v) is 7.41. The lowest BCUT2D eigenvalue weighted by Gasteiger charge is -2.23. The SMILES string of the molecule is CC1(C)CCC(CS(=O)C(C)(C)C(=O)O)O1. The molecular formula is C11H20O4S. The van der Waals surface area contributed by atoms with E-state index in [4.69, 9.17) is 9.84 Å². The zero-order valence-corrected chi connectivity index (χ0v) is 11.1. The summed E-state index contributed by atoms with van der Waals surface area (Å²) in [5.41, 5.74) is -0.164. The highest BCUT2D eigenvalue weighted by Crippen LogP contribution is 2.30. The van der Waals surface area contributed by atoms with Crippen LogP contribution in [0.3, 0.4) is 0 Å². The summed E-state index contributed by atoms with van der Waals surface area (Å²) < 4.78 is 16.4. The van der Waals surface area contributed by atoms with E-state index in [1.165, 1.54) is 13.8 Å². The molecule has 5 heteroatoms. The van der Waals surface area contributed by atoms with E-state index in [2.05, 4.69) is 0 Å². The highest BCUT2D eigenvalue weighted by atomic mass is 32.2. The van der Waals surface area contributed by atoms with Crippen LogP contribution >= 0.6 is 0 Å². The second kappa shape index (κ2) is 4.45. The first kappa shape index (κ1) is 13.6. The van der Waals surface area contributed by atoms with Gasteiger partial charge >= 0.3 is 5.97 Å². The Balaban J connectivity index is 2.57. The molecule has 0 bridgehead atoms. The summed E-state index contributed by atoms with van der Waals surface area (Å²) >= 11 is 0. The van der Waals surface area contributed by atoms with Crippen LogP contribution < -0.4 is 0 Å². The Kier molecular flexibility index (Phi) is 3.80. The van der Waals surface area contributed by atoms with Crippen molar-refractivity contribution in [2.45, 2.75) is 57.0 Å². The van der Waals surface area contributed by atoms with Gasteiger partial charge in [-0.15, -0.1) is 0 Å². The molecule has 1 N–H and O–H groups in total. The first-order valence-electron chi connectivity index (χ1n) is 5.45. The van der Waals surface area contributed by atoms with E-state index in [1.807, 2.05) is 13.8 Å². The lowest BCUT2D eigenvalue weighted by molar-refractivity contribution is -0.139. The lowest BCUT2D eigenvalue weighted by atomic mass is 10.1. The molecule has 0 spiro atoms. The van der Waals surface area contributed by atoms with Crippen molar-refractivity contribution >= 4 is 16.8 Å². The quantitative estimate of drug-likeness (QED) is 0.820. The van der Waals surface area contributed by atoms with Crippen LogP contribution in [-0.2, 0) is 20.3 Å². The molecular weight excluding hydrogens is 228 g/mol. The van der Waals surface area contributed by atoms with Crippen molar-refractivity contribution in [1.82, 2.24) is 0 Å². The Hall–Kier alpha value is -0.420. The van der Waals surface area contributed by atoms with E-state index in [0.717, 1.165) is 12.8 Å². The summed E-state index contributed by atoms with van der Waals surface area (Å²) in [6.45, 7) is 6.98. The predicted molar refractivity (Wildman–Crippen MR) is 62.9 cm³/mol. The summed E-state index contributed by atoms with van der Waals surface area (Å²) in [6, 6.07) is 0. The zero-order valence-electron chi connectivity index (χ0n) is 10.3. The molecule has 0 aliphatic carbocycles. The number of carboxylic acid groups (broad SMARTS) is 1. The van der Waals surface area contributed by atoms with Crippen LogP contribution in [0.1, 0.15) is 40.5 Å².